The predicted octanol–water partition coefficient (Wildman–Crippen LogP) is 1.65. The third-order valence-electron chi connectivity index (χ3n) is 4.30. The number of carboxylic acids is 1. The zero-order chi connectivity index (χ0) is 18.5. The minimum Gasteiger partial charge on any atom is -0.482 e. The van der Waals surface area contributed by atoms with Crippen LogP contribution in [0.2, 0.25) is 0 Å². The van der Waals surface area contributed by atoms with Crippen LogP contribution in [-0.4, -0.2) is 28.6 Å². The maximum absolute atomic E-state index is 12.4. The van der Waals surface area contributed by atoms with Gasteiger partial charge in [-0.25, -0.2) is 4.79 Å². The summed E-state index contributed by atoms with van der Waals surface area (Å²) >= 11 is 0. The molecule has 7 nitrogen and oxygen atoms in total. The van der Waals surface area contributed by atoms with E-state index >= 15 is 0 Å². The van der Waals surface area contributed by atoms with Gasteiger partial charge in [-0.2, -0.15) is 0 Å². The maximum atomic E-state index is 12.4. The van der Waals surface area contributed by atoms with Gasteiger partial charge < -0.3 is 20.1 Å². The molecule has 0 bridgehead atoms. The van der Waals surface area contributed by atoms with Crippen LogP contribution in [0.3, 0.4) is 0 Å². The lowest BCUT2D eigenvalue weighted by atomic mass is 9.95. The van der Waals surface area contributed by atoms with E-state index in [4.69, 9.17) is 9.84 Å². The number of ether oxygens (including phenoxy) is 1. The molecule has 0 unspecified atom stereocenters. The van der Waals surface area contributed by atoms with E-state index in [1.54, 1.807) is 30.3 Å². The minimum absolute atomic E-state index is 0.115. The SMILES string of the molecule is O=C(O)COc1cccc(CNC(=O)c2cc3c([nH]c2=O)CCCC3)c1. The molecular weight excluding hydrogens is 336 g/mol. The van der Waals surface area contributed by atoms with Crippen molar-refractivity contribution in [3.63, 3.8) is 0 Å². The second kappa shape index (κ2) is 7.86. The number of hydrogen-bond acceptors (Lipinski definition) is 4. The Kier molecular flexibility index (Phi) is 5.36. The predicted molar refractivity (Wildman–Crippen MR) is 94.4 cm³/mol. The van der Waals surface area contributed by atoms with Crippen LogP contribution in [0.4, 0.5) is 0 Å². The number of aromatic amines is 1. The average molecular weight is 356 g/mol. The summed E-state index contributed by atoms with van der Waals surface area (Å²) in [7, 11) is 0. The highest BCUT2D eigenvalue weighted by Crippen LogP contribution is 2.18. The second-order valence-electron chi connectivity index (χ2n) is 6.24. The number of H-pyrrole nitrogens is 1. The number of rotatable bonds is 6. The molecule has 0 aliphatic heterocycles. The van der Waals surface area contributed by atoms with E-state index < -0.39 is 18.5 Å². The number of aryl methyl sites for hydroxylation is 2. The molecule has 3 rings (SSSR count). The number of aliphatic carboxylic acids is 1. The fourth-order valence-electron chi connectivity index (χ4n) is 3.01. The third-order valence-corrected chi connectivity index (χ3v) is 4.30. The second-order valence-corrected chi connectivity index (χ2v) is 6.24. The Balaban J connectivity index is 1.67. The molecule has 0 saturated heterocycles. The molecule has 1 amide bonds. The van der Waals surface area contributed by atoms with E-state index in [1.807, 2.05) is 0 Å². The molecule has 0 spiro atoms. The fraction of sp³-hybridized carbons (Fsp3) is 0.316. The number of pyridine rings is 1. The Hall–Kier alpha value is -3.09. The standard InChI is InChI=1S/C19H20N2O5/c22-17(23)11-26-14-6-3-4-12(8-14)10-20-18(24)15-9-13-5-1-2-7-16(13)21-19(15)25/h3-4,6,8-9H,1-2,5,7,10-11H2,(H,20,24)(H,21,25)(H,22,23). The van der Waals surface area contributed by atoms with Crippen molar-refractivity contribution < 1.29 is 19.4 Å². The number of aromatic nitrogens is 1. The van der Waals surface area contributed by atoms with Crippen molar-refractivity contribution in [3.8, 4) is 5.75 Å². The van der Waals surface area contributed by atoms with E-state index in [1.165, 1.54) is 0 Å². The summed E-state index contributed by atoms with van der Waals surface area (Å²) in [4.78, 5) is 37.9. The molecule has 0 atom stereocenters. The van der Waals surface area contributed by atoms with Gasteiger partial charge in [-0.1, -0.05) is 12.1 Å². The number of carbonyl (C=O) groups excluding carboxylic acids is 1. The first-order chi connectivity index (χ1) is 12.5. The molecule has 1 aliphatic rings. The summed E-state index contributed by atoms with van der Waals surface area (Å²) in [6.07, 6.45) is 3.82. The lowest BCUT2D eigenvalue weighted by Gasteiger charge is -2.16. The van der Waals surface area contributed by atoms with Gasteiger partial charge in [0.25, 0.3) is 11.5 Å². The van der Waals surface area contributed by atoms with E-state index in [9.17, 15) is 14.4 Å². The van der Waals surface area contributed by atoms with Gasteiger partial charge >= 0.3 is 5.97 Å². The lowest BCUT2D eigenvalue weighted by Crippen LogP contribution is -2.30. The summed E-state index contributed by atoms with van der Waals surface area (Å²) < 4.78 is 5.11. The molecule has 0 radical (unpaired) electrons. The van der Waals surface area contributed by atoms with Crippen molar-refractivity contribution >= 4 is 11.9 Å². The zero-order valence-corrected chi connectivity index (χ0v) is 14.2. The Morgan fingerprint density at radius 3 is 2.81 bits per heavy atom. The van der Waals surface area contributed by atoms with E-state index in [-0.39, 0.29) is 17.7 Å². The molecule has 7 heteroatoms. The van der Waals surface area contributed by atoms with Crippen LogP contribution >= 0.6 is 0 Å². The Morgan fingerprint density at radius 2 is 2.00 bits per heavy atom. The topological polar surface area (TPSA) is 108 Å². The monoisotopic (exact) mass is 356 g/mol. The molecule has 1 aromatic carbocycles. The van der Waals surface area contributed by atoms with Crippen molar-refractivity contribution in [2.45, 2.75) is 32.2 Å². The van der Waals surface area contributed by atoms with Crippen LogP contribution in [0.1, 0.15) is 40.0 Å². The highest BCUT2D eigenvalue weighted by atomic mass is 16.5. The Morgan fingerprint density at radius 1 is 1.19 bits per heavy atom. The Bertz CT molecular complexity index is 888. The smallest absolute Gasteiger partial charge is 0.341 e. The maximum Gasteiger partial charge on any atom is 0.341 e. The molecule has 1 heterocycles. The molecule has 0 fully saturated rings. The molecule has 2 aromatic rings. The molecule has 1 aromatic heterocycles. The van der Waals surface area contributed by atoms with Crippen molar-refractivity contribution in [1.29, 1.82) is 0 Å². The largest absolute Gasteiger partial charge is 0.482 e. The fourth-order valence-corrected chi connectivity index (χ4v) is 3.01. The van der Waals surface area contributed by atoms with Crippen LogP contribution in [-0.2, 0) is 24.2 Å². The van der Waals surface area contributed by atoms with Gasteiger partial charge in [0.05, 0.1) is 0 Å². The van der Waals surface area contributed by atoms with Gasteiger partial charge in [0.1, 0.15) is 11.3 Å². The lowest BCUT2D eigenvalue weighted by molar-refractivity contribution is -0.139. The summed E-state index contributed by atoms with van der Waals surface area (Å²) in [6, 6.07) is 8.48. The molecule has 1 aliphatic carbocycles. The van der Waals surface area contributed by atoms with Crippen molar-refractivity contribution in [2.24, 2.45) is 0 Å². The summed E-state index contributed by atoms with van der Waals surface area (Å²) in [5, 5.41) is 11.4. The first-order valence-electron chi connectivity index (χ1n) is 8.50. The molecule has 136 valence electrons. The van der Waals surface area contributed by atoms with Gasteiger partial charge in [0.15, 0.2) is 6.61 Å². The number of nitrogens with one attached hydrogen (secondary N) is 2. The van der Waals surface area contributed by atoms with E-state index in [0.717, 1.165) is 42.5 Å². The zero-order valence-electron chi connectivity index (χ0n) is 14.2. The molecule has 26 heavy (non-hydrogen) atoms. The number of carboxylic acid groups (broad SMARTS) is 1. The van der Waals surface area contributed by atoms with Crippen LogP contribution in [0, 0.1) is 0 Å². The summed E-state index contributed by atoms with van der Waals surface area (Å²) in [5.41, 5.74) is 2.45. The van der Waals surface area contributed by atoms with Gasteiger partial charge in [-0.05, 0) is 55.0 Å². The molecular formula is C19H20N2O5. The van der Waals surface area contributed by atoms with Gasteiger partial charge in [-0.3, -0.25) is 9.59 Å². The minimum atomic E-state index is -1.06. The van der Waals surface area contributed by atoms with E-state index in [2.05, 4.69) is 10.3 Å². The van der Waals surface area contributed by atoms with Crippen molar-refractivity contribution in [3.05, 3.63) is 63.1 Å². The average Bonchev–Trinajstić information content (AvgIpc) is 2.64. The number of amides is 1. The van der Waals surface area contributed by atoms with Gasteiger partial charge in [0.2, 0.25) is 0 Å². The molecule has 3 N–H and O–H groups in total. The number of benzene rings is 1. The van der Waals surface area contributed by atoms with Crippen molar-refractivity contribution in [2.75, 3.05) is 6.61 Å². The number of carbonyl (C=O) groups is 2. The first-order valence-corrected chi connectivity index (χ1v) is 8.50. The van der Waals surface area contributed by atoms with Crippen LogP contribution in [0.15, 0.2) is 35.1 Å². The first kappa shape index (κ1) is 17.7. The highest BCUT2D eigenvalue weighted by Gasteiger charge is 2.17. The quantitative estimate of drug-likeness (QED) is 0.729. The summed E-state index contributed by atoms with van der Waals surface area (Å²) in [5.74, 6) is -1.09. The van der Waals surface area contributed by atoms with Crippen LogP contribution in [0.5, 0.6) is 5.75 Å². The highest BCUT2D eigenvalue weighted by molar-refractivity contribution is 5.94. The van der Waals surface area contributed by atoms with Crippen LogP contribution in [0.25, 0.3) is 0 Å². The van der Waals surface area contributed by atoms with Crippen molar-refractivity contribution in [1.82, 2.24) is 10.3 Å². The normalized spacial score (nSPS) is 12.9. The van der Waals surface area contributed by atoms with Gasteiger partial charge in [-0.15, -0.1) is 0 Å². The van der Waals surface area contributed by atoms with Gasteiger partial charge in [0, 0.05) is 12.2 Å². The third kappa shape index (κ3) is 4.30. The number of hydrogen-bond donors (Lipinski definition) is 3. The van der Waals surface area contributed by atoms with E-state index in [0.29, 0.717) is 5.75 Å². The Labute approximate surface area is 150 Å². The number of fused-ring (bicyclic) bond motifs is 1. The summed E-state index contributed by atoms with van der Waals surface area (Å²) in [6.45, 7) is -0.222. The molecule has 0 saturated carbocycles. The van der Waals surface area contributed by atoms with Crippen LogP contribution < -0.4 is 15.6 Å².